The van der Waals surface area contributed by atoms with E-state index >= 15 is 0 Å². The lowest BCUT2D eigenvalue weighted by Crippen LogP contribution is -2.40. The average molecular weight is 446 g/mol. The monoisotopic (exact) mass is 445 g/mol. The number of benzene rings is 2. The maximum absolute atomic E-state index is 13.2. The van der Waals surface area contributed by atoms with Crippen LogP contribution in [0.2, 0.25) is 0 Å². The number of anilines is 1. The van der Waals surface area contributed by atoms with Crippen molar-refractivity contribution in [2.75, 3.05) is 31.1 Å². The van der Waals surface area contributed by atoms with Crippen molar-refractivity contribution in [3.63, 3.8) is 0 Å². The van der Waals surface area contributed by atoms with E-state index < -0.39 is 0 Å². The lowest BCUT2D eigenvalue weighted by atomic mass is 10.1. The van der Waals surface area contributed by atoms with Crippen molar-refractivity contribution < 1.29 is 0 Å². The zero-order valence-corrected chi connectivity index (χ0v) is 19.1. The second-order valence-electron chi connectivity index (χ2n) is 8.95. The van der Waals surface area contributed by atoms with Gasteiger partial charge >= 0.3 is 0 Å². The van der Waals surface area contributed by atoms with Crippen molar-refractivity contribution in [3.8, 4) is 5.69 Å². The fourth-order valence-corrected chi connectivity index (χ4v) is 6.25. The van der Waals surface area contributed by atoms with Gasteiger partial charge in [0.25, 0.3) is 5.56 Å². The van der Waals surface area contributed by atoms with E-state index in [1.54, 1.807) is 15.9 Å². The zero-order chi connectivity index (χ0) is 21.7. The van der Waals surface area contributed by atoms with Crippen molar-refractivity contribution in [2.45, 2.75) is 38.6 Å². The van der Waals surface area contributed by atoms with Gasteiger partial charge in [0.1, 0.15) is 5.82 Å². The van der Waals surface area contributed by atoms with E-state index in [0.717, 1.165) is 39.6 Å². The minimum Gasteiger partial charge on any atom is -0.346 e. The van der Waals surface area contributed by atoms with E-state index in [1.165, 1.54) is 38.8 Å². The largest absolute Gasteiger partial charge is 0.346 e. The van der Waals surface area contributed by atoms with Gasteiger partial charge in [0.05, 0.1) is 26.8 Å². The molecule has 2 aliphatic heterocycles. The summed E-state index contributed by atoms with van der Waals surface area (Å²) < 4.78 is 2.82. The summed E-state index contributed by atoms with van der Waals surface area (Å²) in [4.78, 5) is 27.9. The summed E-state index contributed by atoms with van der Waals surface area (Å²) >= 11 is 1.73. The molecule has 2 saturated heterocycles. The first kappa shape index (κ1) is 19.9. The predicted octanol–water partition coefficient (Wildman–Crippen LogP) is 4.37. The van der Waals surface area contributed by atoms with E-state index in [4.69, 9.17) is 4.98 Å². The van der Waals surface area contributed by atoms with E-state index in [-0.39, 0.29) is 5.56 Å². The molecule has 0 saturated carbocycles. The highest BCUT2D eigenvalue weighted by Crippen LogP contribution is 2.33. The maximum atomic E-state index is 13.2. The Morgan fingerprint density at radius 2 is 1.81 bits per heavy atom. The molecular formula is C25H27N5OS. The third-order valence-corrected chi connectivity index (χ3v) is 7.98. The van der Waals surface area contributed by atoms with Crippen LogP contribution < -0.4 is 10.5 Å². The summed E-state index contributed by atoms with van der Waals surface area (Å²) in [5, 5.41) is 1.74. The Morgan fingerprint density at radius 3 is 2.69 bits per heavy atom. The fraction of sp³-hybridized carbons (Fsp3) is 0.400. The maximum Gasteiger partial charge on any atom is 0.265 e. The molecule has 0 amide bonds. The van der Waals surface area contributed by atoms with Gasteiger partial charge in [0.2, 0.25) is 0 Å². The Labute approximate surface area is 191 Å². The highest BCUT2D eigenvalue weighted by molar-refractivity contribution is 7.22. The quantitative estimate of drug-likeness (QED) is 0.469. The smallest absolute Gasteiger partial charge is 0.265 e. The molecule has 0 unspecified atom stereocenters. The minimum absolute atomic E-state index is 0.0268. The van der Waals surface area contributed by atoms with Crippen molar-refractivity contribution in [1.82, 2.24) is 19.4 Å². The lowest BCUT2D eigenvalue weighted by Gasteiger charge is -2.32. The Hall–Kier alpha value is -2.77. The number of rotatable bonds is 3. The van der Waals surface area contributed by atoms with Crippen molar-refractivity contribution in [3.05, 3.63) is 58.6 Å². The van der Waals surface area contributed by atoms with Gasteiger partial charge in [-0.1, -0.05) is 29.9 Å². The summed E-state index contributed by atoms with van der Waals surface area (Å²) in [6, 6.07) is 14.3. The first-order chi connectivity index (χ1) is 15.7. The molecule has 0 N–H and O–H groups in total. The molecule has 0 radical (unpaired) electrons. The number of aryl methyl sites for hydroxylation is 1. The Bertz CT molecular complexity index is 1350. The normalized spacial score (nSPS) is 19.9. The lowest BCUT2D eigenvalue weighted by molar-refractivity contribution is 0.175. The molecule has 2 fully saturated rings. The molecule has 0 spiro atoms. The number of fused-ring (bicyclic) bond motifs is 2. The van der Waals surface area contributed by atoms with Gasteiger partial charge in [-0.15, -0.1) is 0 Å². The molecule has 32 heavy (non-hydrogen) atoms. The minimum atomic E-state index is -0.0268. The Balaban J connectivity index is 1.32. The molecule has 2 aromatic heterocycles. The molecule has 4 aromatic rings. The number of nitrogens with zero attached hydrogens (tertiary/aromatic N) is 5. The first-order valence-electron chi connectivity index (χ1n) is 11.6. The number of hydrogen-bond donors (Lipinski definition) is 0. The van der Waals surface area contributed by atoms with E-state index in [9.17, 15) is 4.79 Å². The van der Waals surface area contributed by atoms with Gasteiger partial charge in [-0.2, -0.15) is 0 Å². The zero-order valence-electron chi connectivity index (χ0n) is 18.3. The van der Waals surface area contributed by atoms with Crippen LogP contribution in [0, 0.1) is 6.92 Å². The van der Waals surface area contributed by atoms with Crippen LogP contribution in [0.25, 0.3) is 26.8 Å². The molecule has 0 bridgehead atoms. The average Bonchev–Trinajstić information content (AvgIpc) is 3.47. The third kappa shape index (κ3) is 3.40. The van der Waals surface area contributed by atoms with Crippen LogP contribution in [0.15, 0.2) is 47.3 Å². The Morgan fingerprint density at radius 1 is 0.969 bits per heavy atom. The number of likely N-dealkylation sites (tertiary alicyclic amines) is 1. The first-order valence-corrected chi connectivity index (χ1v) is 12.4. The molecule has 7 heteroatoms. The highest BCUT2D eigenvalue weighted by atomic mass is 32.1. The van der Waals surface area contributed by atoms with Gasteiger partial charge in [0.15, 0.2) is 5.13 Å². The van der Waals surface area contributed by atoms with Crippen LogP contribution in [0.4, 0.5) is 5.13 Å². The van der Waals surface area contributed by atoms with E-state index in [2.05, 4.69) is 20.9 Å². The molecule has 4 heterocycles. The molecule has 2 aromatic carbocycles. The number of aromatic nitrogens is 3. The molecular weight excluding hydrogens is 418 g/mol. The van der Waals surface area contributed by atoms with Crippen molar-refractivity contribution in [1.29, 1.82) is 0 Å². The summed E-state index contributed by atoms with van der Waals surface area (Å²) in [7, 11) is 0. The van der Waals surface area contributed by atoms with Gasteiger partial charge in [-0.05, 0) is 69.6 Å². The van der Waals surface area contributed by atoms with Crippen LogP contribution in [-0.2, 0) is 0 Å². The molecule has 2 aliphatic rings. The van der Waals surface area contributed by atoms with Gasteiger partial charge < -0.3 is 4.90 Å². The molecule has 164 valence electrons. The van der Waals surface area contributed by atoms with Gasteiger partial charge in [0, 0.05) is 19.1 Å². The van der Waals surface area contributed by atoms with Crippen LogP contribution in [0.3, 0.4) is 0 Å². The van der Waals surface area contributed by atoms with Crippen LogP contribution in [0.5, 0.6) is 0 Å². The molecule has 6 nitrogen and oxygen atoms in total. The molecule has 1 atom stereocenters. The Kier molecular flexibility index (Phi) is 4.96. The van der Waals surface area contributed by atoms with Gasteiger partial charge in [-0.25, -0.2) is 9.97 Å². The van der Waals surface area contributed by atoms with Crippen LogP contribution in [-0.4, -0.2) is 51.7 Å². The van der Waals surface area contributed by atoms with E-state index in [1.807, 2.05) is 43.3 Å². The SMILES string of the molecule is Cc1nc2ccccc2c(=O)n1-c1ccc2nc(N3CC[C@@H](N4CCCCC4)C3)sc2c1. The van der Waals surface area contributed by atoms with Crippen LogP contribution >= 0.6 is 11.3 Å². The second kappa shape index (κ2) is 7.98. The number of thiazole rings is 1. The fourth-order valence-electron chi connectivity index (χ4n) is 5.22. The number of para-hydroxylation sites is 1. The highest BCUT2D eigenvalue weighted by Gasteiger charge is 2.30. The summed E-state index contributed by atoms with van der Waals surface area (Å²) in [6.07, 6.45) is 5.27. The standard InChI is InChI=1S/C25H27N5OS/c1-17-26-21-8-4-3-7-20(21)24(31)30(17)18-9-10-22-23(15-18)32-25(27-22)29-14-11-19(16-29)28-12-5-2-6-13-28/h3-4,7-10,15,19H,2,5-6,11-14,16H2,1H3/t19-/m1/s1. The molecule has 6 rings (SSSR count). The van der Waals surface area contributed by atoms with Gasteiger partial charge in [-0.3, -0.25) is 14.3 Å². The summed E-state index contributed by atoms with van der Waals surface area (Å²) in [5.74, 6) is 0.696. The van der Waals surface area contributed by atoms with E-state index in [0.29, 0.717) is 17.3 Å². The number of piperidine rings is 1. The second-order valence-corrected chi connectivity index (χ2v) is 9.96. The van der Waals surface area contributed by atoms with Crippen molar-refractivity contribution >= 4 is 37.6 Å². The molecule has 0 aliphatic carbocycles. The third-order valence-electron chi connectivity index (χ3n) is 6.90. The predicted molar refractivity (Wildman–Crippen MR) is 131 cm³/mol. The summed E-state index contributed by atoms with van der Waals surface area (Å²) in [6.45, 7) is 6.52. The van der Waals surface area contributed by atoms with Crippen LogP contribution in [0.1, 0.15) is 31.5 Å². The van der Waals surface area contributed by atoms with Crippen molar-refractivity contribution in [2.24, 2.45) is 0 Å². The topological polar surface area (TPSA) is 54.3 Å². The number of hydrogen-bond acceptors (Lipinski definition) is 6. The summed E-state index contributed by atoms with van der Waals surface area (Å²) in [5.41, 5.74) is 2.56.